The number of aliphatic carboxylic acids is 1. The Morgan fingerprint density at radius 2 is 1.05 bits per heavy atom. The van der Waals surface area contributed by atoms with Crippen LogP contribution in [0.2, 0.25) is 0 Å². The van der Waals surface area contributed by atoms with Crippen molar-refractivity contribution in [2.24, 2.45) is 0 Å². The molecule has 6 atom stereocenters. The van der Waals surface area contributed by atoms with Gasteiger partial charge in [-0.15, -0.1) is 0 Å². The molecule has 1 aliphatic heterocycles. The first-order chi connectivity index (χ1) is 64.9. The highest BCUT2D eigenvalue weighted by Gasteiger charge is 2.48. The molecular formula is C93H134N10O30. The number of alkyl carbamates (subject to hydrolysis) is 1. The summed E-state index contributed by atoms with van der Waals surface area (Å²) in [6.45, 7) is 9.70. The van der Waals surface area contributed by atoms with Crippen LogP contribution in [0, 0.1) is 0 Å². The zero-order valence-corrected chi connectivity index (χ0v) is 76.2. The molecule has 11 N–H and O–H groups in total. The number of hydrogen-bond donors (Lipinski definition) is 11. The van der Waals surface area contributed by atoms with Crippen LogP contribution in [-0.4, -0.2) is 337 Å². The van der Waals surface area contributed by atoms with Crippen LogP contribution in [0.1, 0.15) is 129 Å². The molecule has 2 fully saturated rings. The number of urea groups is 1. The second-order valence-electron chi connectivity index (χ2n) is 31.2. The molecule has 0 radical (unpaired) electrons. The van der Waals surface area contributed by atoms with E-state index in [1.165, 1.54) is 40.3 Å². The number of carboxylic acids is 1. The van der Waals surface area contributed by atoms with Crippen LogP contribution in [0.3, 0.4) is 0 Å². The van der Waals surface area contributed by atoms with Gasteiger partial charge in [0.05, 0.1) is 170 Å². The number of nitrogens with zero attached hydrogens (tertiary/aromatic N) is 3. The summed E-state index contributed by atoms with van der Waals surface area (Å²) in [5, 5.41) is 62.1. The van der Waals surface area contributed by atoms with Crippen LogP contribution in [0.5, 0.6) is 5.75 Å². The fourth-order valence-electron chi connectivity index (χ4n) is 14.2. The SMILES string of the molecule is COCCOCCOCCOCCOCCOCCOCCOCCOCCOCCOCCOCCC(=O)NCCCC[C@H](NC(=O)OCC1c2ccccc2-c2ccccc21)C(=O)NCCC(=O)Nc1cc(O[C@@H]2O[C@H](C(=O)O)[C@@H](O)[C@H](O)[C@H]2O)ccc1COC(=O)Nc1cccc(C(=O)N(C)CCON(C(=O)CCCCCCNC(=O)Nc2ccncc2)C2CCCCC2)c1. The average molecular weight is 1870 g/mol. The summed E-state index contributed by atoms with van der Waals surface area (Å²) in [5.41, 5.74) is 5.11. The van der Waals surface area contributed by atoms with Gasteiger partial charge < -0.3 is 133 Å². The summed E-state index contributed by atoms with van der Waals surface area (Å²) in [6.07, 6.45) is -0.222. The number of hydroxylamine groups is 2. The zero-order chi connectivity index (χ0) is 94.7. The molecule has 736 valence electrons. The van der Waals surface area contributed by atoms with Crippen molar-refractivity contribution in [2.75, 3.05) is 221 Å². The maximum Gasteiger partial charge on any atom is 0.411 e. The van der Waals surface area contributed by atoms with Gasteiger partial charge in [0.25, 0.3) is 5.91 Å². The van der Waals surface area contributed by atoms with Crippen molar-refractivity contribution < 1.29 is 144 Å². The number of aliphatic hydroxyl groups is 3. The predicted molar refractivity (Wildman–Crippen MR) is 483 cm³/mol. The Morgan fingerprint density at radius 3 is 1.64 bits per heavy atom. The number of fused-ring (bicyclic) bond motifs is 3. The van der Waals surface area contributed by atoms with E-state index in [1.807, 2.05) is 48.5 Å². The fraction of sp³-hybridized carbons (Fsp3) is 0.591. The van der Waals surface area contributed by atoms with Crippen molar-refractivity contribution in [3.05, 3.63) is 138 Å². The number of benzene rings is 4. The van der Waals surface area contributed by atoms with E-state index in [0.29, 0.717) is 164 Å². The number of methoxy groups -OCH3 is 1. The van der Waals surface area contributed by atoms with Gasteiger partial charge in [-0.05, 0) is 110 Å². The Morgan fingerprint density at radius 1 is 0.496 bits per heavy atom. The van der Waals surface area contributed by atoms with Gasteiger partial charge in [-0.1, -0.05) is 86.7 Å². The highest BCUT2D eigenvalue weighted by Crippen LogP contribution is 2.45. The average Bonchev–Trinajstić information content (AvgIpc) is 1.62. The maximum atomic E-state index is 14.1. The second-order valence-corrected chi connectivity index (χ2v) is 31.2. The van der Waals surface area contributed by atoms with Crippen LogP contribution in [0.25, 0.3) is 11.1 Å². The molecule has 5 aromatic rings. The van der Waals surface area contributed by atoms with Crippen molar-refractivity contribution in [2.45, 2.75) is 152 Å². The smallest absolute Gasteiger partial charge is 0.411 e. The van der Waals surface area contributed by atoms with E-state index in [9.17, 15) is 63.6 Å². The minimum absolute atomic E-state index is 0.0269. The van der Waals surface area contributed by atoms with Crippen LogP contribution >= 0.6 is 0 Å². The van der Waals surface area contributed by atoms with Gasteiger partial charge in [0.2, 0.25) is 29.9 Å². The lowest BCUT2D eigenvalue weighted by atomic mass is 9.95. The van der Waals surface area contributed by atoms with Crippen LogP contribution in [0.15, 0.2) is 116 Å². The third kappa shape index (κ3) is 42.1. The Labute approximate surface area is 775 Å². The minimum atomic E-state index is -2.03. The predicted octanol–water partition coefficient (Wildman–Crippen LogP) is 6.90. The molecular weight excluding hydrogens is 1740 g/mol. The van der Waals surface area contributed by atoms with Gasteiger partial charge in [0, 0.05) is 106 Å². The van der Waals surface area contributed by atoms with E-state index < -0.39 is 79.2 Å². The lowest BCUT2D eigenvalue weighted by Gasteiger charge is -2.38. The van der Waals surface area contributed by atoms with Crippen molar-refractivity contribution >= 4 is 70.8 Å². The number of carbonyl (C=O) groups excluding carboxylic acids is 8. The number of amides is 9. The summed E-state index contributed by atoms with van der Waals surface area (Å²) < 4.78 is 88.1. The van der Waals surface area contributed by atoms with Crippen molar-refractivity contribution in [1.29, 1.82) is 0 Å². The molecule has 1 aromatic heterocycles. The van der Waals surface area contributed by atoms with Gasteiger partial charge in [-0.2, -0.15) is 0 Å². The third-order valence-electron chi connectivity index (χ3n) is 21.3. The molecule has 133 heavy (non-hydrogen) atoms. The lowest BCUT2D eigenvalue weighted by molar-refractivity contribution is -0.271. The van der Waals surface area contributed by atoms with Gasteiger partial charge in [0.15, 0.2) is 6.10 Å². The highest BCUT2D eigenvalue weighted by atomic mass is 16.7. The molecule has 0 spiro atoms. The summed E-state index contributed by atoms with van der Waals surface area (Å²) >= 11 is 0. The first kappa shape index (κ1) is 108. The molecule has 2 heterocycles. The molecule has 9 amide bonds. The molecule has 1 saturated heterocycles. The first-order valence-electron chi connectivity index (χ1n) is 45.6. The number of likely N-dealkylation sites (N-methyl/N-ethyl adjacent to an activating group) is 1. The summed E-state index contributed by atoms with van der Waals surface area (Å²) in [4.78, 5) is 132. The number of hydrogen-bond acceptors (Lipinski definition) is 30. The molecule has 2 aliphatic carbocycles. The number of pyridine rings is 1. The molecule has 4 aromatic carbocycles. The van der Waals surface area contributed by atoms with Gasteiger partial charge in [0.1, 0.15) is 43.3 Å². The first-order valence-corrected chi connectivity index (χ1v) is 45.6. The second kappa shape index (κ2) is 64.6. The van der Waals surface area contributed by atoms with E-state index in [-0.39, 0.29) is 136 Å². The number of aromatic nitrogens is 1. The standard InChI is InChI=1S/C93H134N10O30/c1-102(38-40-131-103(71-19-6-5-7-20-71)82(106)26-8-3-4-14-34-97-91(114)98-69-29-35-94-36-30-69)88(111)67-17-16-18-70(63-67)99-92(115)129-65-68-27-28-72(132-90-85(109)83(107)84(108)86(133-90)89(112)113)64-79(68)100-81(105)31-37-96-87(110)78(101-93(116)130-66-77-75-23-11-9-21-73(75)74-22-10-12-24-76(74)77)25-13-15-33-95-80(104)32-39-118-43-44-120-47-48-122-51-52-124-55-56-126-59-60-128-62-61-127-58-57-125-54-53-123-50-49-121-46-45-119-42-41-117-2/h9-12,16-18,21-24,27-30,35-36,63-64,71,77-78,83-86,90,107-109H,3-8,13-15,19-20,25-26,31-34,37-62,65-66H2,1-2H3,(H,95,104)(H,96,110)(H,99,115)(H,100,105)(H,101,116)(H,112,113)(H2,94,97,98,114)/t78-,83-,84-,85+,86-,90+/m0/s1. The number of aliphatic hydroxyl groups excluding tert-OH is 3. The van der Waals surface area contributed by atoms with Crippen LogP contribution in [0.4, 0.5) is 31.4 Å². The summed E-state index contributed by atoms with van der Waals surface area (Å²) in [6, 6.07) is 27.4. The quantitative estimate of drug-likeness (QED) is 0.0139. The topological polar surface area (TPSA) is 495 Å². The van der Waals surface area contributed by atoms with Gasteiger partial charge >= 0.3 is 24.2 Å². The molecule has 0 unspecified atom stereocenters. The van der Waals surface area contributed by atoms with Crippen molar-refractivity contribution in [3.63, 3.8) is 0 Å². The number of carboxylic acid groups (broad SMARTS) is 1. The van der Waals surface area contributed by atoms with Gasteiger partial charge in [-0.25, -0.2) is 24.2 Å². The van der Waals surface area contributed by atoms with E-state index in [2.05, 4.69) is 42.2 Å². The molecule has 8 rings (SSSR count). The zero-order valence-electron chi connectivity index (χ0n) is 76.2. The van der Waals surface area contributed by atoms with E-state index in [0.717, 1.165) is 73.6 Å². The Bertz CT molecular complexity index is 4170. The number of anilines is 3. The van der Waals surface area contributed by atoms with Gasteiger partial charge in [-0.3, -0.25) is 39.1 Å². The molecule has 40 heteroatoms. The lowest BCUT2D eigenvalue weighted by Crippen LogP contribution is -2.61. The Hall–Kier alpha value is -10.2. The third-order valence-corrected chi connectivity index (χ3v) is 21.3. The number of unbranched alkanes of at least 4 members (excludes halogenated alkanes) is 4. The minimum Gasteiger partial charge on any atom is -0.479 e. The summed E-state index contributed by atoms with van der Waals surface area (Å²) in [5.74, 6) is -4.28. The largest absolute Gasteiger partial charge is 0.479 e. The molecule has 0 bridgehead atoms. The molecule has 1 saturated carbocycles. The highest BCUT2D eigenvalue weighted by molar-refractivity contribution is 5.96. The van der Waals surface area contributed by atoms with Crippen molar-refractivity contribution in [1.82, 2.24) is 36.2 Å². The number of carbonyl (C=O) groups is 9. The van der Waals surface area contributed by atoms with Crippen molar-refractivity contribution in [3.8, 4) is 16.9 Å². The molecule has 3 aliphatic rings. The van der Waals surface area contributed by atoms with Crippen LogP contribution in [-0.2, 0) is 106 Å². The fourth-order valence-corrected chi connectivity index (χ4v) is 14.2. The van der Waals surface area contributed by atoms with E-state index in [1.54, 1.807) is 50.8 Å². The normalized spacial score (nSPS) is 16.1. The number of nitrogens with one attached hydrogen (secondary N) is 7. The Kier molecular flexibility index (Phi) is 52.5. The maximum absolute atomic E-state index is 14.1. The number of ether oxygens (including phenoxy) is 16. The van der Waals surface area contributed by atoms with Crippen LogP contribution < -0.4 is 42.0 Å². The Balaban J connectivity index is 0.732. The van der Waals surface area contributed by atoms with E-state index in [4.69, 9.17) is 80.6 Å². The number of rotatable bonds is 69. The monoisotopic (exact) mass is 1870 g/mol. The summed E-state index contributed by atoms with van der Waals surface area (Å²) in [7, 11) is 3.21. The van der Waals surface area contributed by atoms with E-state index >= 15 is 0 Å². The molecule has 40 nitrogen and oxygen atoms in total.